The Morgan fingerprint density at radius 3 is 2.78 bits per heavy atom. The summed E-state index contributed by atoms with van der Waals surface area (Å²) < 4.78 is 14.2. The molecule has 0 heterocycles. The SMILES string of the molecule is CCC1CC1(CNC(C)C)c1cccc(Cl)c1F. The molecular weight excluding hydrogens is 249 g/mol. The van der Waals surface area contributed by atoms with E-state index in [-0.39, 0.29) is 16.3 Å². The van der Waals surface area contributed by atoms with E-state index in [1.165, 1.54) is 0 Å². The summed E-state index contributed by atoms with van der Waals surface area (Å²) in [7, 11) is 0. The summed E-state index contributed by atoms with van der Waals surface area (Å²) in [6.07, 6.45) is 2.15. The quantitative estimate of drug-likeness (QED) is 0.847. The summed E-state index contributed by atoms with van der Waals surface area (Å²) in [4.78, 5) is 0. The molecule has 0 amide bonds. The maximum atomic E-state index is 14.2. The van der Waals surface area contributed by atoms with Gasteiger partial charge in [-0.2, -0.15) is 0 Å². The van der Waals surface area contributed by atoms with E-state index in [1.54, 1.807) is 6.07 Å². The molecule has 1 fully saturated rings. The molecule has 1 aliphatic carbocycles. The van der Waals surface area contributed by atoms with Gasteiger partial charge < -0.3 is 5.32 Å². The van der Waals surface area contributed by atoms with Gasteiger partial charge in [-0.15, -0.1) is 0 Å². The summed E-state index contributed by atoms with van der Waals surface area (Å²) in [5, 5.41) is 3.68. The zero-order valence-electron chi connectivity index (χ0n) is 11.3. The molecule has 18 heavy (non-hydrogen) atoms. The van der Waals surface area contributed by atoms with Gasteiger partial charge in [-0.3, -0.25) is 0 Å². The molecule has 3 heteroatoms. The van der Waals surface area contributed by atoms with Crippen molar-refractivity contribution in [2.24, 2.45) is 5.92 Å². The lowest BCUT2D eigenvalue weighted by molar-refractivity contribution is 0.468. The van der Waals surface area contributed by atoms with E-state index in [0.29, 0.717) is 12.0 Å². The fraction of sp³-hybridized carbons (Fsp3) is 0.600. The third-order valence-electron chi connectivity index (χ3n) is 4.04. The van der Waals surface area contributed by atoms with Gasteiger partial charge in [0.2, 0.25) is 0 Å². The van der Waals surface area contributed by atoms with Gasteiger partial charge in [-0.25, -0.2) is 4.39 Å². The maximum absolute atomic E-state index is 14.2. The predicted octanol–water partition coefficient (Wildman–Crippen LogP) is 4.14. The van der Waals surface area contributed by atoms with Crippen molar-refractivity contribution in [3.05, 3.63) is 34.6 Å². The van der Waals surface area contributed by atoms with E-state index in [1.807, 2.05) is 12.1 Å². The number of nitrogens with one attached hydrogen (secondary N) is 1. The average Bonchev–Trinajstić information content (AvgIpc) is 3.05. The number of benzene rings is 1. The molecule has 0 bridgehead atoms. The highest BCUT2D eigenvalue weighted by Crippen LogP contribution is 2.56. The smallest absolute Gasteiger partial charge is 0.145 e. The van der Waals surface area contributed by atoms with Crippen molar-refractivity contribution >= 4 is 11.6 Å². The lowest BCUT2D eigenvalue weighted by Crippen LogP contribution is -2.33. The summed E-state index contributed by atoms with van der Waals surface area (Å²) >= 11 is 5.91. The molecule has 1 aromatic rings. The third kappa shape index (κ3) is 2.41. The molecule has 2 rings (SSSR count). The van der Waals surface area contributed by atoms with Crippen LogP contribution in [0.4, 0.5) is 4.39 Å². The van der Waals surface area contributed by atoms with Crippen molar-refractivity contribution < 1.29 is 4.39 Å². The zero-order chi connectivity index (χ0) is 13.3. The number of halogens is 2. The van der Waals surface area contributed by atoms with Crippen LogP contribution in [0, 0.1) is 11.7 Å². The molecule has 0 aromatic heterocycles. The number of hydrogen-bond acceptors (Lipinski definition) is 1. The van der Waals surface area contributed by atoms with Crippen molar-refractivity contribution in [1.29, 1.82) is 0 Å². The van der Waals surface area contributed by atoms with Gasteiger partial charge in [-0.05, 0) is 24.0 Å². The van der Waals surface area contributed by atoms with Gasteiger partial charge in [0.05, 0.1) is 5.02 Å². The van der Waals surface area contributed by atoms with Crippen molar-refractivity contribution in [1.82, 2.24) is 5.32 Å². The minimum atomic E-state index is -0.235. The van der Waals surface area contributed by atoms with Crippen LogP contribution in [-0.2, 0) is 5.41 Å². The van der Waals surface area contributed by atoms with Crippen LogP contribution in [0.3, 0.4) is 0 Å². The van der Waals surface area contributed by atoms with Crippen LogP contribution < -0.4 is 5.32 Å². The molecule has 0 spiro atoms. The van der Waals surface area contributed by atoms with E-state index in [2.05, 4.69) is 26.1 Å². The fourth-order valence-electron chi connectivity index (χ4n) is 2.83. The van der Waals surface area contributed by atoms with Crippen molar-refractivity contribution in [3.8, 4) is 0 Å². The van der Waals surface area contributed by atoms with Crippen molar-refractivity contribution in [2.75, 3.05) is 6.54 Å². The first-order valence-corrected chi connectivity index (χ1v) is 7.07. The van der Waals surface area contributed by atoms with Gasteiger partial charge in [0.1, 0.15) is 5.82 Å². The summed E-state index contributed by atoms with van der Waals surface area (Å²) in [6.45, 7) is 7.24. The molecule has 0 aliphatic heterocycles. The first-order chi connectivity index (χ1) is 8.51. The molecule has 1 nitrogen and oxygen atoms in total. The molecule has 1 N–H and O–H groups in total. The average molecular weight is 270 g/mol. The predicted molar refractivity (Wildman–Crippen MR) is 74.6 cm³/mol. The molecular formula is C15H21ClFN. The van der Waals surface area contributed by atoms with Gasteiger partial charge in [0.15, 0.2) is 0 Å². The second kappa shape index (κ2) is 5.18. The molecule has 1 saturated carbocycles. The molecule has 2 atom stereocenters. The Labute approximate surface area is 114 Å². The Bertz CT molecular complexity index is 433. The minimum Gasteiger partial charge on any atom is -0.314 e. The van der Waals surface area contributed by atoms with Gasteiger partial charge in [-0.1, -0.05) is 50.9 Å². The lowest BCUT2D eigenvalue weighted by atomic mass is 9.91. The Morgan fingerprint density at radius 1 is 1.50 bits per heavy atom. The summed E-state index contributed by atoms with van der Waals surface area (Å²) in [6, 6.07) is 5.77. The summed E-state index contributed by atoms with van der Waals surface area (Å²) in [5.41, 5.74) is 0.739. The van der Waals surface area contributed by atoms with Crippen LogP contribution >= 0.6 is 11.6 Å². The van der Waals surface area contributed by atoms with Crippen molar-refractivity contribution in [3.63, 3.8) is 0 Å². The number of rotatable bonds is 5. The Hall–Kier alpha value is -0.600. The highest BCUT2D eigenvalue weighted by Gasteiger charge is 2.54. The van der Waals surface area contributed by atoms with Crippen LogP contribution in [0.2, 0.25) is 5.02 Å². The first kappa shape index (κ1) is 13.8. The highest BCUT2D eigenvalue weighted by atomic mass is 35.5. The van der Waals surface area contributed by atoms with E-state index >= 15 is 0 Å². The topological polar surface area (TPSA) is 12.0 Å². The Kier molecular flexibility index (Phi) is 3.98. The second-order valence-electron chi connectivity index (χ2n) is 5.60. The molecule has 1 aliphatic rings. The van der Waals surface area contributed by atoms with Crippen LogP contribution in [-0.4, -0.2) is 12.6 Å². The zero-order valence-corrected chi connectivity index (χ0v) is 12.0. The van der Waals surface area contributed by atoms with Crippen LogP contribution in [0.25, 0.3) is 0 Å². The maximum Gasteiger partial charge on any atom is 0.145 e. The van der Waals surface area contributed by atoms with Crippen LogP contribution in [0.1, 0.15) is 39.2 Å². The standard InChI is InChI=1S/C15H21ClFN/c1-4-11-8-15(11,9-18-10(2)3)12-6-5-7-13(16)14(12)17/h5-7,10-11,18H,4,8-9H2,1-3H3. The van der Waals surface area contributed by atoms with E-state index in [4.69, 9.17) is 11.6 Å². The van der Waals surface area contributed by atoms with Gasteiger partial charge >= 0.3 is 0 Å². The molecule has 100 valence electrons. The van der Waals surface area contributed by atoms with Crippen LogP contribution in [0.5, 0.6) is 0 Å². The third-order valence-corrected chi connectivity index (χ3v) is 4.33. The Balaban J connectivity index is 2.28. The summed E-state index contributed by atoms with van der Waals surface area (Å²) in [5.74, 6) is 0.331. The molecule has 2 unspecified atom stereocenters. The molecule has 1 aromatic carbocycles. The molecule has 0 saturated heterocycles. The van der Waals surface area contributed by atoms with Crippen molar-refractivity contribution in [2.45, 2.75) is 45.1 Å². The largest absolute Gasteiger partial charge is 0.314 e. The van der Waals surface area contributed by atoms with Gasteiger partial charge in [0, 0.05) is 18.0 Å². The Morgan fingerprint density at radius 2 is 2.22 bits per heavy atom. The fourth-order valence-corrected chi connectivity index (χ4v) is 3.01. The molecule has 0 radical (unpaired) electrons. The van der Waals surface area contributed by atoms with E-state index < -0.39 is 0 Å². The van der Waals surface area contributed by atoms with E-state index in [0.717, 1.165) is 24.9 Å². The van der Waals surface area contributed by atoms with Gasteiger partial charge in [0.25, 0.3) is 0 Å². The monoisotopic (exact) mass is 269 g/mol. The van der Waals surface area contributed by atoms with Crippen LogP contribution in [0.15, 0.2) is 18.2 Å². The van der Waals surface area contributed by atoms with E-state index in [9.17, 15) is 4.39 Å². The normalized spacial score (nSPS) is 26.7. The minimum absolute atomic E-state index is 0.0476. The first-order valence-electron chi connectivity index (χ1n) is 6.69. The lowest BCUT2D eigenvalue weighted by Gasteiger charge is -2.21. The second-order valence-corrected chi connectivity index (χ2v) is 6.01. The highest BCUT2D eigenvalue weighted by molar-refractivity contribution is 6.30. The number of hydrogen-bond donors (Lipinski definition) is 1.